The average molecular weight is 361 g/mol. The average Bonchev–Trinajstić information content (AvgIpc) is 2.89. The molecule has 0 bridgehead atoms. The number of unbranched alkanes of at least 4 members (excludes halogenated alkanes) is 2. The summed E-state index contributed by atoms with van der Waals surface area (Å²) in [4.78, 5) is 25.2. The van der Waals surface area contributed by atoms with Crippen LogP contribution in [0.25, 0.3) is 0 Å². The largest absolute Gasteiger partial charge is 0.464 e. The molecule has 0 radical (unpaired) electrons. The molecule has 0 unspecified atom stereocenters. The van der Waals surface area contributed by atoms with Crippen molar-refractivity contribution in [3.8, 4) is 0 Å². The zero-order valence-corrected chi connectivity index (χ0v) is 14.2. The lowest BCUT2D eigenvalue weighted by molar-refractivity contribution is -0.148. The lowest BCUT2D eigenvalue weighted by atomic mass is 10.2. The number of carbonyl (C=O) groups is 2. The zero-order chi connectivity index (χ0) is 15.9. The van der Waals surface area contributed by atoms with E-state index in [4.69, 9.17) is 44.3 Å². The van der Waals surface area contributed by atoms with Gasteiger partial charge in [-0.3, -0.25) is 4.90 Å². The van der Waals surface area contributed by atoms with Crippen molar-refractivity contribution in [2.75, 3.05) is 19.8 Å². The van der Waals surface area contributed by atoms with Crippen LogP contribution >= 0.6 is 34.8 Å². The number of halogens is 3. The molecular formula is C13H20Cl3NO4. The summed E-state index contributed by atoms with van der Waals surface area (Å²) < 4.78 is 8.42. The van der Waals surface area contributed by atoms with Gasteiger partial charge in [-0.25, -0.2) is 9.59 Å². The van der Waals surface area contributed by atoms with E-state index in [0.29, 0.717) is 19.6 Å². The first-order valence-corrected chi connectivity index (χ1v) is 8.15. The Hall–Kier alpha value is -0.390. The number of alkyl halides is 3. The van der Waals surface area contributed by atoms with Gasteiger partial charge in [0, 0.05) is 6.54 Å². The first kappa shape index (κ1) is 18.7. The van der Waals surface area contributed by atoms with Gasteiger partial charge in [-0.2, -0.15) is 0 Å². The van der Waals surface area contributed by atoms with Crippen molar-refractivity contribution in [2.24, 2.45) is 0 Å². The smallest absolute Gasteiger partial charge is 0.410 e. The predicted molar refractivity (Wildman–Crippen MR) is 81.9 cm³/mol. The minimum Gasteiger partial charge on any atom is -0.464 e. The highest BCUT2D eigenvalue weighted by atomic mass is 35.6. The van der Waals surface area contributed by atoms with E-state index in [2.05, 4.69) is 6.92 Å². The molecule has 1 atom stereocenters. The highest BCUT2D eigenvalue weighted by Gasteiger charge is 2.37. The molecule has 21 heavy (non-hydrogen) atoms. The number of esters is 1. The molecule has 0 N–H and O–H groups in total. The maximum Gasteiger partial charge on any atom is 0.410 e. The van der Waals surface area contributed by atoms with Crippen LogP contribution in [0.3, 0.4) is 0 Å². The van der Waals surface area contributed by atoms with Gasteiger partial charge in [0.1, 0.15) is 12.6 Å². The SMILES string of the molecule is CCCCCOC(=O)[C@@H]1CCCN1C(=O)OCC(Cl)(Cl)Cl. The van der Waals surface area contributed by atoms with Crippen molar-refractivity contribution in [2.45, 2.75) is 48.9 Å². The second kappa shape index (κ2) is 8.91. The molecule has 0 saturated carbocycles. The minimum absolute atomic E-state index is 0.356. The number of hydrogen-bond donors (Lipinski definition) is 0. The third-order valence-electron chi connectivity index (χ3n) is 3.11. The van der Waals surface area contributed by atoms with E-state index < -0.39 is 21.9 Å². The van der Waals surface area contributed by atoms with Crippen LogP contribution in [-0.4, -0.2) is 46.6 Å². The highest BCUT2D eigenvalue weighted by molar-refractivity contribution is 6.67. The molecule has 1 rings (SSSR count). The van der Waals surface area contributed by atoms with Gasteiger partial charge >= 0.3 is 12.1 Å². The molecule has 8 heteroatoms. The van der Waals surface area contributed by atoms with Crippen LogP contribution in [0, 0.1) is 0 Å². The molecule has 1 aliphatic heterocycles. The first-order valence-electron chi connectivity index (χ1n) is 7.02. The van der Waals surface area contributed by atoms with Crippen molar-refractivity contribution in [3.63, 3.8) is 0 Å². The van der Waals surface area contributed by atoms with Crippen LogP contribution < -0.4 is 0 Å². The van der Waals surface area contributed by atoms with Crippen LogP contribution in [0.4, 0.5) is 4.79 Å². The monoisotopic (exact) mass is 359 g/mol. The zero-order valence-electron chi connectivity index (χ0n) is 11.9. The fourth-order valence-corrected chi connectivity index (χ4v) is 2.24. The van der Waals surface area contributed by atoms with Gasteiger partial charge in [-0.1, -0.05) is 54.6 Å². The summed E-state index contributed by atoms with van der Waals surface area (Å²) >= 11 is 16.6. The Balaban J connectivity index is 2.43. The van der Waals surface area contributed by atoms with Crippen molar-refractivity contribution < 1.29 is 19.1 Å². The third-order valence-corrected chi connectivity index (χ3v) is 3.44. The molecule has 122 valence electrons. The summed E-state index contributed by atoms with van der Waals surface area (Å²) in [6.45, 7) is 2.53. The molecule has 0 aromatic heterocycles. The number of hydrogen-bond acceptors (Lipinski definition) is 4. The van der Waals surface area contributed by atoms with Gasteiger partial charge in [0.25, 0.3) is 0 Å². The van der Waals surface area contributed by atoms with Crippen molar-refractivity contribution in [1.82, 2.24) is 4.90 Å². The Bertz CT molecular complexity index is 360. The lowest BCUT2D eigenvalue weighted by Gasteiger charge is -2.23. The van der Waals surface area contributed by atoms with E-state index >= 15 is 0 Å². The first-order chi connectivity index (χ1) is 9.85. The van der Waals surface area contributed by atoms with Crippen molar-refractivity contribution >= 4 is 46.9 Å². The van der Waals surface area contributed by atoms with Crippen molar-refractivity contribution in [3.05, 3.63) is 0 Å². The maximum atomic E-state index is 12.0. The van der Waals surface area contributed by atoms with Crippen LogP contribution in [0.1, 0.15) is 39.0 Å². The minimum atomic E-state index is -1.66. The van der Waals surface area contributed by atoms with Crippen LogP contribution in [0.2, 0.25) is 0 Å². The Kier molecular flexibility index (Phi) is 7.92. The fraction of sp³-hybridized carbons (Fsp3) is 0.846. The summed E-state index contributed by atoms with van der Waals surface area (Å²) in [6.07, 6.45) is 3.51. The van der Waals surface area contributed by atoms with Gasteiger partial charge in [0.05, 0.1) is 6.61 Å². The molecule has 1 saturated heterocycles. The summed E-state index contributed by atoms with van der Waals surface area (Å²) in [5, 5.41) is 0. The molecule has 0 spiro atoms. The third kappa shape index (κ3) is 6.94. The molecule has 0 aromatic carbocycles. The van der Waals surface area contributed by atoms with E-state index in [0.717, 1.165) is 25.7 Å². The molecule has 1 aliphatic rings. The Morgan fingerprint density at radius 2 is 1.95 bits per heavy atom. The van der Waals surface area contributed by atoms with Crippen LogP contribution in [0.5, 0.6) is 0 Å². The van der Waals surface area contributed by atoms with Gasteiger partial charge in [-0.15, -0.1) is 0 Å². The number of amides is 1. The Labute approximate surface area is 139 Å². The quantitative estimate of drug-likeness (QED) is 0.412. The molecule has 0 aliphatic carbocycles. The molecular weight excluding hydrogens is 341 g/mol. The summed E-state index contributed by atoms with van der Waals surface area (Å²) in [6, 6.07) is -0.602. The molecule has 5 nitrogen and oxygen atoms in total. The van der Waals surface area contributed by atoms with E-state index in [-0.39, 0.29) is 6.61 Å². The van der Waals surface area contributed by atoms with E-state index in [1.54, 1.807) is 0 Å². The molecule has 1 fully saturated rings. The standard InChI is InChI=1S/C13H20Cl3NO4/c1-2-3-4-8-20-11(18)10-6-5-7-17(10)12(19)21-9-13(14,15)16/h10H,2-9H2,1H3/t10-/m0/s1. The summed E-state index contributed by atoms with van der Waals surface area (Å²) in [5.74, 6) is -0.394. The fourth-order valence-electron chi connectivity index (χ4n) is 2.08. The summed E-state index contributed by atoms with van der Waals surface area (Å²) in [5.41, 5.74) is 0. The van der Waals surface area contributed by atoms with E-state index in [1.165, 1.54) is 4.90 Å². The van der Waals surface area contributed by atoms with Crippen LogP contribution in [-0.2, 0) is 14.3 Å². The van der Waals surface area contributed by atoms with Crippen LogP contribution in [0.15, 0.2) is 0 Å². The topological polar surface area (TPSA) is 55.8 Å². The Morgan fingerprint density at radius 1 is 1.24 bits per heavy atom. The normalized spacial score (nSPS) is 18.7. The van der Waals surface area contributed by atoms with E-state index in [9.17, 15) is 9.59 Å². The highest BCUT2D eigenvalue weighted by Crippen LogP contribution is 2.27. The summed E-state index contributed by atoms with van der Waals surface area (Å²) in [7, 11) is 0. The van der Waals surface area contributed by atoms with Crippen molar-refractivity contribution in [1.29, 1.82) is 0 Å². The second-order valence-electron chi connectivity index (χ2n) is 4.90. The maximum absolute atomic E-state index is 12.0. The predicted octanol–water partition coefficient (Wildman–Crippen LogP) is 3.69. The number of nitrogens with zero attached hydrogens (tertiary/aromatic N) is 1. The molecule has 1 heterocycles. The van der Waals surface area contributed by atoms with Gasteiger partial charge in [0.2, 0.25) is 3.79 Å². The molecule has 1 amide bonds. The number of carbonyl (C=O) groups excluding carboxylic acids is 2. The van der Waals surface area contributed by atoms with E-state index in [1.807, 2.05) is 0 Å². The number of ether oxygens (including phenoxy) is 2. The second-order valence-corrected chi connectivity index (χ2v) is 7.41. The number of rotatable bonds is 6. The van der Waals surface area contributed by atoms with Gasteiger partial charge < -0.3 is 9.47 Å². The molecule has 0 aromatic rings. The van der Waals surface area contributed by atoms with Gasteiger partial charge in [-0.05, 0) is 19.3 Å². The lowest BCUT2D eigenvalue weighted by Crippen LogP contribution is -2.42. The van der Waals surface area contributed by atoms with Gasteiger partial charge in [0.15, 0.2) is 0 Å². The number of likely N-dealkylation sites (tertiary alicyclic amines) is 1. The Morgan fingerprint density at radius 3 is 2.57 bits per heavy atom.